The summed E-state index contributed by atoms with van der Waals surface area (Å²) in [4.78, 5) is 16.3. The minimum Gasteiger partial charge on any atom is -0.497 e. The van der Waals surface area contributed by atoms with Crippen molar-refractivity contribution in [2.45, 2.75) is 32.1 Å². The lowest BCUT2D eigenvalue weighted by molar-refractivity contribution is -0.115. The summed E-state index contributed by atoms with van der Waals surface area (Å²) in [6.07, 6.45) is 3.78. The second-order valence-corrected chi connectivity index (χ2v) is 6.25. The summed E-state index contributed by atoms with van der Waals surface area (Å²) < 4.78 is 10.4. The van der Waals surface area contributed by atoms with E-state index in [0.29, 0.717) is 18.1 Å². The summed E-state index contributed by atoms with van der Waals surface area (Å²) in [7, 11) is 1.67. The number of ether oxygens (including phenoxy) is 1. The van der Waals surface area contributed by atoms with Gasteiger partial charge in [0.25, 0.3) is 0 Å². The van der Waals surface area contributed by atoms with Gasteiger partial charge in [0.1, 0.15) is 5.75 Å². The Bertz CT molecular complexity index is 845. The Morgan fingerprint density at radius 3 is 2.52 bits per heavy atom. The Hall–Kier alpha value is -3.15. The molecule has 0 saturated carbocycles. The topological polar surface area (TPSA) is 77.2 Å². The van der Waals surface area contributed by atoms with E-state index in [0.717, 1.165) is 30.7 Å². The minimum atomic E-state index is -0.159. The van der Waals surface area contributed by atoms with Gasteiger partial charge in [-0.1, -0.05) is 35.5 Å². The van der Waals surface area contributed by atoms with Gasteiger partial charge in [-0.3, -0.25) is 4.79 Å². The number of unbranched alkanes of at least 4 members (excludes halogenated alkanes) is 1. The lowest BCUT2D eigenvalue weighted by Gasteiger charge is -2.03. The summed E-state index contributed by atoms with van der Waals surface area (Å²) in [6, 6.07) is 17.4. The normalized spacial score (nSPS) is 10.6. The molecule has 1 aromatic heterocycles. The number of amides is 1. The van der Waals surface area contributed by atoms with Crippen molar-refractivity contribution >= 4 is 11.6 Å². The molecule has 0 aliphatic heterocycles. The first kappa shape index (κ1) is 18.6. The van der Waals surface area contributed by atoms with Crippen molar-refractivity contribution in [3.05, 3.63) is 71.9 Å². The number of nitrogens with zero attached hydrogens (tertiary/aromatic N) is 2. The van der Waals surface area contributed by atoms with Crippen LogP contribution in [0.15, 0.2) is 59.1 Å². The monoisotopic (exact) mass is 365 g/mol. The molecule has 140 valence electrons. The third kappa shape index (κ3) is 5.95. The molecule has 0 bridgehead atoms. The molecule has 0 unspecified atom stereocenters. The molecule has 0 aliphatic rings. The van der Waals surface area contributed by atoms with Crippen molar-refractivity contribution in [3.8, 4) is 5.75 Å². The van der Waals surface area contributed by atoms with E-state index < -0.39 is 0 Å². The second-order valence-electron chi connectivity index (χ2n) is 6.25. The van der Waals surface area contributed by atoms with E-state index in [1.807, 2.05) is 42.5 Å². The quantitative estimate of drug-likeness (QED) is 0.583. The van der Waals surface area contributed by atoms with E-state index in [1.54, 1.807) is 7.11 Å². The van der Waals surface area contributed by atoms with Crippen LogP contribution in [-0.4, -0.2) is 23.2 Å². The van der Waals surface area contributed by atoms with Crippen LogP contribution < -0.4 is 10.1 Å². The zero-order chi connectivity index (χ0) is 18.9. The summed E-state index contributed by atoms with van der Waals surface area (Å²) in [5, 5.41) is 6.70. The highest BCUT2D eigenvalue weighted by Crippen LogP contribution is 2.14. The Labute approximate surface area is 158 Å². The molecule has 0 radical (unpaired) electrons. The Morgan fingerprint density at radius 2 is 1.78 bits per heavy atom. The van der Waals surface area contributed by atoms with E-state index in [4.69, 9.17) is 9.26 Å². The Kier molecular flexibility index (Phi) is 6.57. The third-order valence-electron chi connectivity index (χ3n) is 4.15. The second kappa shape index (κ2) is 9.52. The average molecular weight is 365 g/mol. The van der Waals surface area contributed by atoms with Crippen molar-refractivity contribution in [2.75, 3.05) is 12.4 Å². The maximum absolute atomic E-state index is 12.0. The molecular weight excluding hydrogens is 342 g/mol. The number of para-hydroxylation sites is 1. The number of methoxy groups -OCH3 is 1. The van der Waals surface area contributed by atoms with Gasteiger partial charge in [-0.05, 0) is 49.1 Å². The predicted molar refractivity (Wildman–Crippen MR) is 103 cm³/mol. The molecule has 1 heterocycles. The van der Waals surface area contributed by atoms with E-state index in [1.165, 1.54) is 5.56 Å². The number of aromatic nitrogens is 2. The molecule has 0 saturated heterocycles. The van der Waals surface area contributed by atoms with Crippen LogP contribution >= 0.6 is 0 Å². The molecule has 3 aromatic rings. The zero-order valence-electron chi connectivity index (χ0n) is 15.4. The van der Waals surface area contributed by atoms with Gasteiger partial charge in [-0.15, -0.1) is 0 Å². The maximum Gasteiger partial charge on any atom is 0.232 e. The molecule has 1 amide bonds. The van der Waals surface area contributed by atoms with E-state index in [-0.39, 0.29) is 12.3 Å². The minimum absolute atomic E-state index is 0.101. The highest BCUT2D eigenvalue weighted by molar-refractivity contribution is 5.91. The lowest BCUT2D eigenvalue weighted by Crippen LogP contribution is -2.15. The SMILES string of the molecule is COc1ccc(CCCCc2nc(CC(=O)Nc3ccccc3)no2)cc1. The molecule has 0 aliphatic carbocycles. The smallest absolute Gasteiger partial charge is 0.232 e. The molecule has 0 fully saturated rings. The fraction of sp³-hybridized carbons (Fsp3) is 0.286. The van der Waals surface area contributed by atoms with Gasteiger partial charge in [-0.25, -0.2) is 0 Å². The first-order valence-corrected chi connectivity index (χ1v) is 9.02. The highest BCUT2D eigenvalue weighted by Gasteiger charge is 2.11. The highest BCUT2D eigenvalue weighted by atomic mass is 16.5. The van der Waals surface area contributed by atoms with Crippen LogP contribution in [0.25, 0.3) is 0 Å². The van der Waals surface area contributed by atoms with Gasteiger partial charge in [0.15, 0.2) is 5.82 Å². The van der Waals surface area contributed by atoms with Gasteiger partial charge in [0.05, 0.1) is 13.5 Å². The number of rotatable bonds is 9. The van der Waals surface area contributed by atoms with Crippen molar-refractivity contribution in [1.29, 1.82) is 0 Å². The molecule has 6 nitrogen and oxygen atoms in total. The average Bonchev–Trinajstić information content (AvgIpc) is 3.13. The molecule has 1 N–H and O–H groups in total. The van der Waals surface area contributed by atoms with Crippen LogP contribution in [0.1, 0.15) is 30.1 Å². The van der Waals surface area contributed by atoms with E-state index in [9.17, 15) is 4.79 Å². The van der Waals surface area contributed by atoms with Gasteiger partial charge in [0, 0.05) is 12.1 Å². The number of hydrogen-bond donors (Lipinski definition) is 1. The number of benzene rings is 2. The van der Waals surface area contributed by atoms with Crippen molar-refractivity contribution < 1.29 is 14.1 Å². The number of carbonyl (C=O) groups is 1. The lowest BCUT2D eigenvalue weighted by atomic mass is 10.1. The van der Waals surface area contributed by atoms with Crippen LogP contribution in [0, 0.1) is 0 Å². The first-order chi connectivity index (χ1) is 13.2. The Balaban J connectivity index is 1.39. The fourth-order valence-electron chi connectivity index (χ4n) is 2.73. The molecular formula is C21H23N3O3. The first-order valence-electron chi connectivity index (χ1n) is 9.02. The van der Waals surface area contributed by atoms with Gasteiger partial charge in [-0.2, -0.15) is 4.98 Å². The zero-order valence-corrected chi connectivity index (χ0v) is 15.4. The Morgan fingerprint density at radius 1 is 1.04 bits per heavy atom. The van der Waals surface area contributed by atoms with Gasteiger partial charge in [0.2, 0.25) is 11.8 Å². The number of carbonyl (C=O) groups excluding carboxylic acids is 1. The molecule has 27 heavy (non-hydrogen) atoms. The van der Waals surface area contributed by atoms with Crippen molar-refractivity contribution in [2.24, 2.45) is 0 Å². The van der Waals surface area contributed by atoms with Gasteiger partial charge >= 0.3 is 0 Å². The summed E-state index contributed by atoms with van der Waals surface area (Å²) in [6.45, 7) is 0. The van der Waals surface area contributed by atoms with E-state index >= 15 is 0 Å². The summed E-state index contributed by atoms with van der Waals surface area (Å²) >= 11 is 0. The van der Waals surface area contributed by atoms with Crippen LogP contribution in [0.4, 0.5) is 5.69 Å². The number of nitrogens with one attached hydrogen (secondary N) is 1. The summed E-state index contributed by atoms with van der Waals surface area (Å²) in [5.74, 6) is 1.70. The molecule has 0 atom stereocenters. The number of anilines is 1. The number of hydrogen-bond acceptors (Lipinski definition) is 5. The molecule has 2 aromatic carbocycles. The van der Waals surface area contributed by atoms with Crippen LogP contribution in [0.3, 0.4) is 0 Å². The third-order valence-corrected chi connectivity index (χ3v) is 4.15. The maximum atomic E-state index is 12.0. The van der Waals surface area contributed by atoms with Crippen molar-refractivity contribution in [1.82, 2.24) is 10.1 Å². The predicted octanol–water partition coefficient (Wildman–Crippen LogP) is 3.82. The summed E-state index contributed by atoms with van der Waals surface area (Å²) in [5.41, 5.74) is 2.03. The fourth-order valence-corrected chi connectivity index (χ4v) is 2.73. The van der Waals surface area contributed by atoms with Crippen LogP contribution in [0.5, 0.6) is 5.75 Å². The van der Waals surface area contributed by atoms with Crippen LogP contribution in [0.2, 0.25) is 0 Å². The molecule has 6 heteroatoms. The van der Waals surface area contributed by atoms with Crippen molar-refractivity contribution in [3.63, 3.8) is 0 Å². The molecule has 3 rings (SSSR count). The van der Waals surface area contributed by atoms with Crippen LogP contribution in [-0.2, 0) is 24.1 Å². The molecule has 0 spiro atoms. The number of aryl methyl sites for hydroxylation is 2. The standard InChI is InChI=1S/C21H23N3O3/c1-26-18-13-11-16(12-14-18)7-5-6-10-21-23-19(24-27-21)15-20(25)22-17-8-3-2-4-9-17/h2-4,8-9,11-14H,5-7,10,15H2,1H3,(H,22,25). The van der Waals surface area contributed by atoms with Gasteiger partial charge < -0.3 is 14.6 Å². The van der Waals surface area contributed by atoms with E-state index in [2.05, 4.69) is 27.6 Å². The largest absolute Gasteiger partial charge is 0.497 e.